The fourth-order valence-corrected chi connectivity index (χ4v) is 2.33. The first kappa shape index (κ1) is 16.1. The number of halogens is 1. The average molecular weight is 268 g/mol. The van der Waals surface area contributed by atoms with Gasteiger partial charge in [0.25, 0.3) is 0 Å². The lowest BCUT2D eigenvalue weighted by Gasteiger charge is -2.33. The average Bonchev–Trinajstić information content (AvgIpc) is 2.41. The summed E-state index contributed by atoms with van der Waals surface area (Å²) < 4.78 is 19.0. The van der Waals surface area contributed by atoms with Gasteiger partial charge in [0.2, 0.25) is 0 Å². The van der Waals surface area contributed by atoms with E-state index < -0.39 is 0 Å². The lowest BCUT2D eigenvalue weighted by molar-refractivity contribution is 0.154. The Kier molecular flexibility index (Phi) is 6.99. The Balaban J connectivity index is 2.86. The summed E-state index contributed by atoms with van der Waals surface area (Å²) in [5.41, 5.74) is 6.86. The molecule has 19 heavy (non-hydrogen) atoms. The summed E-state index contributed by atoms with van der Waals surface area (Å²) in [6, 6.07) is 6.71. The van der Waals surface area contributed by atoms with Gasteiger partial charge in [0, 0.05) is 31.9 Å². The predicted octanol–water partition coefficient (Wildman–Crippen LogP) is 2.57. The van der Waals surface area contributed by atoms with E-state index in [2.05, 4.69) is 4.90 Å². The minimum Gasteiger partial charge on any atom is -0.385 e. The number of nitrogens with zero attached hydrogens (tertiary/aromatic N) is 1. The van der Waals surface area contributed by atoms with Gasteiger partial charge in [-0.25, -0.2) is 4.39 Å². The Morgan fingerprint density at radius 3 is 2.63 bits per heavy atom. The summed E-state index contributed by atoms with van der Waals surface area (Å²) >= 11 is 0. The highest BCUT2D eigenvalue weighted by Crippen LogP contribution is 2.26. The molecule has 3 nitrogen and oxygen atoms in total. The maximum atomic E-state index is 14.0. The van der Waals surface area contributed by atoms with Crippen LogP contribution >= 0.6 is 0 Å². The molecule has 0 fully saturated rings. The molecule has 4 heteroatoms. The highest BCUT2D eigenvalue weighted by Gasteiger charge is 2.25. The van der Waals surface area contributed by atoms with E-state index in [-0.39, 0.29) is 17.9 Å². The molecule has 1 aromatic rings. The van der Waals surface area contributed by atoms with Crippen molar-refractivity contribution >= 4 is 0 Å². The van der Waals surface area contributed by atoms with Crippen LogP contribution in [0.15, 0.2) is 24.3 Å². The number of benzene rings is 1. The Hall–Kier alpha value is -0.970. The van der Waals surface area contributed by atoms with Gasteiger partial charge < -0.3 is 10.5 Å². The fourth-order valence-electron chi connectivity index (χ4n) is 2.33. The molecule has 0 aliphatic rings. The van der Waals surface area contributed by atoms with Crippen LogP contribution in [0.25, 0.3) is 0 Å². The van der Waals surface area contributed by atoms with E-state index in [1.54, 1.807) is 13.2 Å². The summed E-state index contributed by atoms with van der Waals surface area (Å²) in [6.07, 6.45) is 1.72. The summed E-state index contributed by atoms with van der Waals surface area (Å²) in [5.74, 6) is -0.185. The molecular weight excluding hydrogens is 243 g/mol. The van der Waals surface area contributed by atoms with Crippen molar-refractivity contribution in [2.75, 3.05) is 27.3 Å². The van der Waals surface area contributed by atoms with Gasteiger partial charge >= 0.3 is 0 Å². The van der Waals surface area contributed by atoms with Crippen molar-refractivity contribution in [1.82, 2.24) is 4.90 Å². The third-order valence-corrected chi connectivity index (χ3v) is 3.43. The second-order valence-electron chi connectivity index (χ2n) is 4.87. The Morgan fingerprint density at radius 1 is 1.37 bits per heavy atom. The van der Waals surface area contributed by atoms with Crippen LogP contribution in [0.2, 0.25) is 0 Å². The minimum atomic E-state index is -0.185. The van der Waals surface area contributed by atoms with Crippen LogP contribution < -0.4 is 5.73 Å². The van der Waals surface area contributed by atoms with E-state index in [1.165, 1.54) is 6.07 Å². The first-order chi connectivity index (χ1) is 9.11. The number of ether oxygens (including phenoxy) is 1. The molecule has 0 amide bonds. The van der Waals surface area contributed by atoms with Crippen LogP contribution in [0.1, 0.15) is 31.4 Å². The molecular formula is C15H25FN2O. The van der Waals surface area contributed by atoms with Crippen molar-refractivity contribution in [3.63, 3.8) is 0 Å². The van der Waals surface area contributed by atoms with Crippen LogP contribution in [0.4, 0.5) is 4.39 Å². The van der Waals surface area contributed by atoms with E-state index >= 15 is 0 Å². The lowest BCUT2D eigenvalue weighted by Crippen LogP contribution is -2.40. The van der Waals surface area contributed by atoms with Crippen LogP contribution in [0.3, 0.4) is 0 Å². The fraction of sp³-hybridized carbons (Fsp3) is 0.600. The van der Waals surface area contributed by atoms with Gasteiger partial charge in [-0.15, -0.1) is 0 Å². The number of nitrogens with two attached hydrogens (primary N) is 1. The third-order valence-electron chi connectivity index (χ3n) is 3.43. The second-order valence-corrected chi connectivity index (χ2v) is 4.87. The SMILES string of the molecule is CCC(N)C(c1ccccc1F)N(C)CCCOC. The van der Waals surface area contributed by atoms with Crippen molar-refractivity contribution in [2.24, 2.45) is 5.73 Å². The maximum Gasteiger partial charge on any atom is 0.128 e. The Bertz CT molecular complexity index is 373. The van der Waals surface area contributed by atoms with Gasteiger partial charge in [0.05, 0.1) is 6.04 Å². The molecule has 0 bridgehead atoms. The molecule has 1 aromatic carbocycles. The first-order valence-electron chi connectivity index (χ1n) is 6.81. The van der Waals surface area contributed by atoms with Crippen LogP contribution in [-0.2, 0) is 4.74 Å². The summed E-state index contributed by atoms with van der Waals surface area (Å²) in [5, 5.41) is 0. The zero-order valence-electron chi connectivity index (χ0n) is 12.1. The van der Waals surface area contributed by atoms with Gasteiger partial charge in [-0.05, 0) is 26.0 Å². The molecule has 0 heterocycles. The molecule has 108 valence electrons. The number of rotatable bonds is 8. The molecule has 0 saturated carbocycles. The molecule has 0 saturated heterocycles. The quantitative estimate of drug-likeness (QED) is 0.736. The molecule has 0 spiro atoms. The number of hydrogen-bond donors (Lipinski definition) is 1. The van der Waals surface area contributed by atoms with E-state index in [0.29, 0.717) is 12.2 Å². The first-order valence-corrected chi connectivity index (χ1v) is 6.81. The van der Waals surface area contributed by atoms with Crippen LogP contribution in [-0.4, -0.2) is 38.3 Å². The largest absolute Gasteiger partial charge is 0.385 e. The molecule has 1 rings (SSSR count). The van der Waals surface area contributed by atoms with Crippen molar-refractivity contribution in [1.29, 1.82) is 0 Å². The number of hydrogen-bond acceptors (Lipinski definition) is 3. The van der Waals surface area contributed by atoms with E-state index in [9.17, 15) is 4.39 Å². The number of likely N-dealkylation sites (N-methyl/N-ethyl adjacent to an activating group) is 1. The van der Waals surface area contributed by atoms with E-state index in [1.807, 2.05) is 26.1 Å². The Labute approximate surface area is 115 Å². The molecule has 2 unspecified atom stereocenters. The monoisotopic (exact) mass is 268 g/mol. The van der Waals surface area contributed by atoms with E-state index in [4.69, 9.17) is 10.5 Å². The normalized spacial score (nSPS) is 14.6. The van der Waals surface area contributed by atoms with Crippen molar-refractivity contribution < 1.29 is 9.13 Å². The zero-order valence-corrected chi connectivity index (χ0v) is 12.1. The zero-order chi connectivity index (χ0) is 14.3. The van der Waals surface area contributed by atoms with Gasteiger partial charge in [-0.2, -0.15) is 0 Å². The molecule has 2 N–H and O–H groups in total. The highest BCUT2D eigenvalue weighted by molar-refractivity contribution is 5.22. The van der Waals surface area contributed by atoms with Crippen molar-refractivity contribution in [3.8, 4) is 0 Å². The lowest BCUT2D eigenvalue weighted by atomic mass is 9.96. The van der Waals surface area contributed by atoms with E-state index in [0.717, 1.165) is 19.4 Å². The third kappa shape index (κ3) is 4.56. The maximum absolute atomic E-state index is 14.0. The topological polar surface area (TPSA) is 38.5 Å². The summed E-state index contributed by atoms with van der Waals surface area (Å²) in [7, 11) is 3.68. The number of methoxy groups -OCH3 is 1. The smallest absolute Gasteiger partial charge is 0.128 e. The molecule has 2 atom stereocenters. The highest BCUT2D eigenvalue weighted by atomic mass is 19.1. The van der Waals surface area contributed by atoms with Crippen molar-refractivity contribution in [2.45, 2.75) is 31.8 Å². The predicted molar refractivity (Wildman–Crippen MR) is 76.5 cm³/mol. The molecule has 0 aliphatic heterocycles. The van der Waals surface area contributed by atoms with Crippen molar-refractivity contribution in [3.05, 3.63) is 35.6 Å². The molecule has 0 aliphatic carbocycles. The molecule has 0 aromatic heterocycles. The Morgan fingerprint density at radius 2 is 2.05 bits per heavy atom. The summed E-state index contributed by atoms with van der Waals surface area (Å²) in [6.45, 7) is 3.57. The standard InChI is InChI=1S/C15H25FN2O/c1-4-14(17)15(18(2)10-7-11-19-3)12-8-5-6-9-13(12)16/h5-6,8-9,14-15H,4,7,10-11,17H2,1-3H3. The van der Waals surface area contributed by atoms with Crippen LogP contribution in [0, 0.1) is 5.82 Å². The molecule has 0 radical (unpaired) electrons. The summed E-state index contributed by atoms with van der Waals surface area (Å²) in [4.78, 5) is 2.12. The minimum absolute atomic E-state index is 0.0792. The van der Waals surface area contributed by atoms with Gasteiger partial charge in [0.1, 0.15) is 5.82 Å². The van der Waals surface area contributed by atoms with Gasteiger partial charge in [-0.1, -0.05) is 25.1 Å². The van der Waals surface area contributed by atoms with Gasteiger partial charge in [0.15, 0.2) is 0 Å². The van der Waals surface area contributed by atoms with Crippen LogP contribution in [0.5, 0.6) is 0 Å². The second kappa shape index (κ2) is 8.25. The van der Waals surface area contributed by atoms with Gasteiger partial charge in [-0.3, -0.25) is 4.90 Å².